The summed E-state index contributed by atoms with van der Waals surface area (Å²) >= 11 is 0. The van der Waals surface area contributed by atoms with E-state index in [1.165, 1.54) is 4.90 Å². The van der Waals surface area contributed by atoms with Gasteiger partial charge in [0.05, 0.1) is 18.4 Å². The SMILES string of the molecule is C#CCN(CC)C(=O)C1CC1C(=O)O. The van der Waals surface area contributed by atoms with Crippen molar-refractivity contribution < 1.29 is 14.7 Å². The van der Waals surface area contributed by atoms with Gasteiger partial charge >= 0.3 is 5.97 Å². The molecule has 0 heterocycles. The number of nitrogens with zero attached hydrogens (tertiary/aromatic N) is 1. The Kier molecular flexibility index (Phi) is 3.13. The van der Waals surface area contributed by atoms with Gasteiger partial charge in [-0.15, -0.1) is 6.42 Å². The number of amides is 1. The lowest BCUT2D eigenvalue weighted by Gasteiger charge is -2.17. The lowest BCUT2D eigenvalue weighted by atomic mass is 10.2. The molecule has 76 valence electrons. The normalized spacial score (nSPS) is 23.7. The van der Waals surface area contributed by atoms with Crippen molar-refractivity contribution >= 4 is 11.9 Å². The molecule has 14 heavy (non-hydrogen) atoms. The number of carboxylic acids is 1. The summed E-state index contributed by atoms with van der Waals surface area (Å²) in [5, 5.41) is 8.65. The summed E-state index contributed by atoms with van der Waals surface area (Å²) in [7, 11) is 0. The van der Waals surface area contributed by atoms with E-state index in [9.17, 15) is 9.59 Å². The molecule has 1 rings (SSSR count). The first-order valence-corrected chi connectivity index (χ1v) is 4.56. The molecular formula is C10H13NO3. The minimum Gasteiger partial charge on any atom is -0.481 e. The average molecular weight is 195 g/mol. The minimum absolute atomic E-state index is 0.127. The maximum absolute atomic E-state index is 11.6. The van der Waals surface area contributed by atoms with Crippen molar-refractivity contribution in [1.82, 2.24) is 4.90 Å². The van der Waals surface area contributed by atoms with Crippen LogP contribution in [0.25, 0.3) is 0 Å². The first-order chi connectivity index (χ1) is 6.61. The molecule has 0 aromatic carbocycles. The van der Waals surface area contributed by atoms with Crippen molar-refractivity contribution in [3.8, 4) is 12.3 Å². The highest BCUT2D eigenvalue weighted by Crippen LogP contribution is 2.39. The standard InChI is InChI=1S/C10H13NO3/c1-3-5-11(4-2)9(12)7-6-8(7)10(13)14/h1,7-8H,4-6H2,2H3,(H,13,14). The molecule has 0 aromatic rings. The summed E-state index contributed by atoms with van der Waals surface area (Å²) in [4.78, 5) is 23.7. The van der Waals surface area contributed by atoms with Crippen LogP contribution in [0.5, 0.6) is 0 Å². The monoisotopic (exact) mass is 195 g/mol. The zero-order valence-electron chi connectivity index (χ0n) is 8.06. The number of hydrogen-bond acceptors (Lipinski definition) is 2. The van der Waals surface area contributed by atoms with Crippen LogP contribution < -0.4 is 0 Å². The molecule has 2 unspecified atom stereocenters. The summed E-state index contributed by atoms with van der Waals surface area (Å²) in [6.07, 6.45) is 5.55. The maximum atomic E-state index is 11.6. The minimum atomic E-state index is -0.889. The lowest BCUT2D eigenvalue weighted by molar-refractivity contribution is -0.141. The van der Waals surface area contributed by atoms with E-state index in [1.54, 1.807) is 0 Å². The van der Waals surface area contributed by atoms with Gasteiger partial charge in [-0.25, -0.2) is 0 Å². The number of aliphatic carboxylic acids is 1. The van der Waals surface area contributed by atoms with Gasteiger partial charge < -0.3 is 10.0 Å². The second kappa shape index (κ2) is 4.14. The zero-order chi connectivity index (χ0) is 10.7. The van der Waals surface area contributed by atoms with Crippen molar-refractivity contribution in [2.75, 3.05) is 13.1 Å². The lowest BCUT2D eigenvalue weighted by Crippen LogP contribution is -2.33. The van der Waals surface area contributed by atoms with Gasteiger partial charge in [0, 0.05) is 6.54 Å². The van der Waals surface area contributed by atoms with Crippen LogP contribution in [0.15, 0.2) is 0 Å². The molecule has 0 radical (unpaired) electrons. The fourth-order valence-corrected chi connectivity index (χ4v) is 1.43. The smallest absolute Gasteiger partial charge is 0.307 e. The van der Waals surface area contributed by atoms with Crippen LogP contribution in [0.4, 0.5) is 0 Å². The van der Waals surface area contributed by atoms with E-state index in [0.29, 0.717) is 13.0 Å². The van der Waals surface area contributed by atoms with Crippen molar-refractivity contribution in [3.05, 3.63) is 0 Å². The van der Waals surface area contributed by atoms with E-state index in [2.05, 4.69) is 5.92 Å². The summed E-state index contributed by atoms with van der Waals surface area (Å²) in [6, 6.07) is 0. The second-order valence-corrected chi connectivity index (χ2v) is 3.34. The average Bonchev–Trinajstić information content (AvgIpc) is 2.92. The van der Waals surface area contributed by atoms with Crippen LogP contribution in [0.1, 0.15) is 13.3 Å². The first-order valence-electron chi connectivity index (χ1n) is 4.56. The number of carbonyl (C=O) groups excluding carboxylic acids is 1. The predicted octanol–water partition coefficient (Wildman–Crippen LogP) is 0.189. The van der Waals surface area contributed by atoms with Crippen LogP contribution in [0.3, 0.4) is 0 Å². The fraction of sp³-hybridized carbons (Fsp3) is 0.600. The topological polar surface area (TPSA) is 57.6 Å². The number of carbonyl (C=O) groups is 2. The van der Waals surface area contributed by atoms with Gasteiger partial charge in [0.25, 0.3) is 0 Å². The Morgan fingerprint density at radius 2 is 2.21 bits per heavy atom. The number of hydrogen-bond donors (Lipinski definition) is 1. The highest BCUT2D eigenvalue weighted by molar-refractivity contribution is 5.89. The molecule has 0 aliphatic heterocycles. The molecule has 2 atom stereocenters. The van der Waals surface area contributed by atoms with E-state index < -0.39 is 11.9 Å². The second-order valence-electron chi connectivity index (χ2n) is 3.34. The molecule has 1 amide bonds. The summed E-state index contributed by atoms with van der Waals surface area (Å²) in [5.41, 5.74) is 0. The van der Waals surface area contributed by atoms with Gasteiger partial charge in [-0.2, -0.15) is 0 Å². The van der Waals surface area contributed by atoms with E-state index in [0.717, 1.165) is 0 Å². The summed E-state index contributed by atoms with van der Waals surface area (Å²) in [6.45, 7) is 2.62. The molecule has 0 spiro atoms. The molecule has 4 heteroatoms. The van der Waals surface area contributed by atoms with E-state index in [-0.39, 0.29) is 18.4 Å². The Labute approximate surface area is 82.9 Å². The molecule has 1 saturated carbocycles. The third-order valence-electron chi connectivity index (χ3n) is 2.40. The number of carboxylic acid groups (broad SMARTS) is 1. The van der Waals surface area contributed by atoms with E-state index in [4.69, 9.17) is 11.5 Å². The Balaban J connectivity index is 2.50. The predicted molar refractivity (Wildman–Crippen MR) is 50.3 cm³/mol. The van der Waals surface area contributed by atoms with E-state index >= 15 is 0 Å². The molecular weight excluding hydrogens is 182 g/mol. The quantitative estimate of drug-likeness (QED) is 0.651. The molecule has 1 fully saturated rings. The highest BCUT2D eigenvalue weighted by Gasteiger charge is 2.49. The third kappa shape index (κ3) is 2.05. The van der Waals surface area contributed by atoms with Crippen molar-refractivity contribution in [1.29, 1.82) is 0 Å². The Morgan fingerprint density at radius 3 is 2.57 bits per heavy atom. The van der Waals surface area contributed by atoms with Gasteiger partial charge in [-0.1, -0.05) is 5.92 Å². The molecule has 1 aliphatic carbocycles. The third-order valence-corrected chi connectivity index (χ3v) is 2.40. The molecule has 0 bridgehead atoms. The largest absolute Gasteiger partial charge is 0.481 e. The highest BCUT2D eigenvalue weighted by atomic mass is 16.4. The van der Waals surface area contributed by atoms with Crippen molar-refractivity contribution in [2.24, 2.45) is 11.8 Å². The van der Waals surface area contributed by atoms with Gasteiger partial charge in [-0.05, 0) is 13.3 Å². The first kappa shape index (κ1) is 10.6. The fourth-order valence-electron chi connectivity index (χ4n) is 1.43. The summed E-state index contributed by atoms with van der Waals surface area (Å²) in [5.74, 6) is 0.530. The van der Waals surface area contributed by atoms with Crippen LogP contribution in [0.2, 0.25) is 0 Å². The van der Waals surface area contributed by atoms with Gasteiger partial charge in [0.15, 0.2) is 0 Å². The number of rotatable bonds is 4. The van der Waals surface area contributed by atoms with E-state index in [1.807, 2.05) is 6.92 Å². The molecule has 4 nitrogen and oxygen atoms in total. The molecule has 0 aromatic heterocycles. The molecule has 1 N–H and O–H groups in total. The maximum Gasteiger partial charge on any atom is 0.307 e. The Morgan fingerprint density at radius 1 is 1.57 bits per heavy atom. The molecule has 1 aliphatic rings. The van der Waals surface area contributed by atoms with Crippen LogP contribution in [0, 0.1) is 24.2 Å². The van der Waals surface area contributed by atoms with Crippen molar-refractivity contribution in [2.45, 2.75) is 13.3 Å². The Hall–Kier alpha value is -1.50. The van der Waals surface area contributed by atoms with Gasteiger partial charge in [0.2, 0.25) is 5.91 Å². The number of terminal acetylenes is 1. The van der Waals surface area contributed by atoms with Crippen LogP contribution in [-0.2, 0) is 9.59 Å². The van der Waals surface area contributed by atoms with Gasteiger partial charge in [-0.3, -0.25) is 9.59 Å². The van der Waals surface area contributed by atoms with Crippen molar-refractivity contribution in [3.63, 3.8) is 0 Å². The van der Waals surface area contributed by atoms with Crippen LogP contribution >= 0.6 is 0 Å². The zero-order valence-corrected chi connectivity index (χ0v) is 8.06. The van der Waals surface area contributed by atoms with Crippen LogP contribution in [-0.4, -0.2) is 35.0 Å². The Bertz CT molecular complexity index is 292. The summed E-state index contributed by atoms with van der Waals surface area (Å²) < 4.78 is 0. The van der Waals surface area contributed by atoms with Gasteiger partial charge in [0.1, 0.15) is 0 Å². The molecule has 0 saturated heterocycles.